The zero-order valence-corrected chi connectivity index (χ0v) is 21.2. The number of benzene rings is 3. The Labute approximate surface area is 227 Å². The van der Waals surface area contributed by atoms with E-state index in [0.29, 0.717) is 27.1 Å². The Kier molecular flexibility index (Phi) is 8.04. The third kappa shape index (κ3) is 6.07. The Hall–Kier alpha value is -3.96. The van der Waals surface area contributed by atoms with E-state index >= 15 is 0 Å². The van der Waals surface area contributed by atoms with Gasteiger partial charge < -0.3 is 9.47 Å². The summed E-state index contributed by atoms with van der Waals surface area (Å²) in [7, 11) is 0. The van der Waals surface area contributed by atoms with E-state index in [1.54, 1.807) is 42.5 Å². The van der Waals surface area contributed by atoms with Crippen molar-refractivity contribution in [2.24, 2.45) is 0 Å². The minimum atomic E-state index is -0.871. The number of terminal acetylenes is 1. The summed E-state index contributed by atoms with van der Waals surface area (Å²) in [6, 6.07) is 15.1. The highest BCUT2D eigenvalue weighted by Crippen LogP contribution is 2.29. The first kappa shape index (κ1) is 26.1. The Morgan fingerprint density at radius 3 is 2.35 bits per heavy atom. The molecule has 3 aromatic rings. The molecule has 7 nitrogen and oxygen atoms in total. The summed E-state index contributed by atoms with van der Waals surface area (Å²) in [5.74, 6) is 1.56. The van der Waals surface area contributed by atoms with Crippen molar-refractivity contribution in [3.63, 3.8) is 0 Å². The molecule has 3 aromatic carbocycles. The lowest BCUT2D eigenvalue weighted by molar-refractivity contribution is -0.122. The number of carbonyl (C=O) groups excluding carboxylic acids is 3. The highest BCUT2D eigenvalue weighted by molar-refractivity contribution is 6.39. The maximum Gasteiger partial charge on any atom is 0.335 e. The summed E-state index contributed by atoms with van der Waals surface area (Å²) in [5, 5.41) is 3.41. The van der Waals surface area contributed by atoms with Crippen LogP contribution in [0.4, 0.5) is 10.5 Å². The number of barbiturate groups is 1. The molecule has 0 aromatic heterocycles. The average molecular weight is 556 g/mol. The van der Waals surface area contributed by atoms with Crippen LogP contribution in [0.3, 0.4) is 0 Å². The van der Waals surface area contributed by atoms with Crippen molar-refractivity contribution < 1.29 is 23.9 Å². The highest BCUT2D eigenvalue weighted by Gasteiger charge is 2.36. The van der Waals surface area contributed by atoms with Crippen molar-refractivity contribution in [2.45, 2.75) is 6.61 Å². The van der Waals surface area contributed by atoms with Gasteiger partial charge in [0, 0.05) is 15.6 Å². The lowest BCUT2D eigenvalue weighted by atomic mass is 10.1. The van der Waals surface area contributed by atoms with Gasteiger partial charge in [-0.05, 0) is 60.2 Å². The fourth-order valence-corrected chi connectivity index (χ4v) is 4.10. The van der Waals surface area contributed by atoms with E-state index < -0.39 is 17.8 Å². The summed E-state index contributed by atoms with van der Waals surface area (Å²) in [4.78, 5) is 39.0. The number of amides is 4. The van der Waals surface area contributed by atoms with Gasteiger partial charge in [-0.3, -0.25) is 14.9 Å². The van der Waals surface area contributed by atoms with Crippen LogP contribution < -0.4 is 19.7 Å². The molecule has 37 heavy (non-hydrogen) atoms. The van der Waals surface area contributed by atoms with Gasteiger partial charge in [-0.25, -0.2) is 9.69 Å². The number of nitrogens with one attached hydrogen (secondary N) is 1. The molecule has 1 heterocycles. The van der Waals surface area contributed by atoms with Crippen molar-refractivity contribution in [1.82, 2.24) is 5.32 Å². The van der Waals surface area contributed by atoms with E-state index in [-0.39, 0.29) is 29.5 Å². The van der Waals surface area contributed by atoms with Gasteiger partial charge in [0.15, 0.2) is 0 Å². The van der Waals surface area contributed by atoms with E-state index in [0.717, 1.165) is 10.5 Å². The topological polar surface area (TPSA) is 84.9 Å². The molecule has 0 saturated carbocycles. The Morgan fingerprint density at radius 1 is 0.919 bits per heavy atom. The quantitative estimate of drug-likeness (QED) is 0.223. The zero-order valence-electron chi connectivity index (χ0n) is 19.0. The van der Waals surface area contributed by atoms with Crippen LogP contribution >= 0.6 is 34.8 Å². The molecule has 1 N–H and O–H groups in total. The van der Waals surface area contributed by atoms with E-state index in [9.17, 15) is 14.4 Å². The molecular weight excluding hydrogens is 539 g/mol. The van der Waals surface area contributed by atoms with Gasteiger partial charge in [0.25, 0.3) is 11.8 Å². The molecular formula is C27H17Cl3N2O5. The highest BCUT2D eigenvalue weighted by atomic mass is 35.5. The van der Waals surface area contributed by atoms with Crippen LogP contribution in [0.25, 0.3) is 6.08 Å². The second-order valence-electron chi connectivity index (χ2n) is 7.66. The van der Waals surface area contributed by atoms with Crippen LogP contribution in [0.1, 0.15) is 11.1 Å². The van der Waals surface area contributed by atoms with Gasteiger partial charge >= 0.3 is 6.03 Å². The first-order valence-electron chi connectivity index (χ1n) is 10.7. The monoisotopic (exact) mass is 554 g/mol. The number of imide groups is 2. The predicted octanol–water partition coefficient (Wildman–Crippen LogP) is 5.90. The van der Waals surface area contributed by atoms with Crippen LogP contribution in [0, 0.1) is 12.3 Å². The number of hydrogen-bond donors (Lipinski definition) is 1. The lowest BCUT2D eigenvalue weighted by Gasteiger charge is -2.26. The number of carbonyl (C=O) groups is 3. The second-order valence-corrected chi connectivity index (χ2v) is 8.91. The number of rotatable bonds is 7. The SMILES string of the molecule is C#CCOc1ccc(/C=C2\C(=O)NC(=O)N(c3ccc(OCc4ccc(Cl)cc4Cl)cc3)C2=O)cc1Cl. The molecule has 0 bridgehead atoms. The molecule has 1 fully saturated rings. The summed E-state index contributed by atoms with van der Waals surface area (Å²) in [6.45, 7) is 0.228. The predicted molar refractivity (Wildman–Crippen MR) is 142 cm³/mol. The molecule has 4 rings (SSSR count). The zero-order chi connectivity index (χ0) is 26.5. The summed E-state index contributed by atoms with van der Waals surface area (Å²) >= 11 is 18.3. The molecule has 186 valence electrons. The number of nitrogens with zero attached hydrogens (tertiary/aromatic N) is 1. The lowest BCUT2D eigenvalue weighted by Crippen LogP contribution is -2.54. The Morgan fingerprint density at radius 2 is 1.68 bits per heavy atom. The fraction of sp³-hybridized carbons (Fsp3) is 0.0741. The molecule has 10 heteroatoms. The maximum absolute atomic E-state index is 13.1. The molecule has 0 atom stereocenters. The number of halogens is 3. The van der Waals surface area contributed by atoms with Gasteiger partial charge in [-0.2, -0.15) is 0 Å². The van der Waals surface area contributed by atoms with Gasteiger partial charge in [0.1, 0.15) is 30.3 Å². The van der Waals surface area contributed by atoms with Crippen LogP contribution in [0.5, 0.6) is 11.5 Å². The fourth-order valence-electron chi connectivity index (χ4n) is 3.39. The summed E-state index contributed by atoms with van der Waals surface area (Å²) in [6.07, 6.45) is 6.52. The molecule has 4 amide bonds. The van der Waals surface area contributed by atoms with Crippen molar-refractivity contribution in [3.8, 4) is 23.8 Å². The molecule has 0 spiro atoms. The minimum Gasteiger partial charge on any atom is -0.489 e. The molecule has 0 aliphatic carbocycles. The summed E-state index contributed by atoms with van der Waals surface area (Å²) in [5.41, 5.74) is 1.19. The van der Waals surface area contributed by atoms with Gasteiger partial charge in [0.2, 0.25) is 0 Å². The third-order valence-corrected chi connectivity index (χ3v) is 6.07. The normalized spacial score (nSPS) is 14.4. The average Bonchev–Trinajstić information content (AvgIpc) is 2.86. The van der Waals surface area contributed by atoms with E-state index in [1.807, 2.05) is 0 Å². The largest absolute Gasteiger partial charge is 0.489 e. The van der Waals surface area contributed by atoms with Crippen LogP contribution in [0.2, 0.25) is 15.1 Å². The molecule has 0 unspecified atom stereocenters. The molecule has 1 aliphatic heterocycles. The van der Waals surface area contributed by atoms with Crippen LogP contribution in [-0.4, -0.2) is 24.5 Å². The van der Waals surface area contributed by atoms with Crippen LogP contribution in [0.15, 0.2) is 66.2 Å². The van der Waals surface area contributed by atoms with Crippen molar-refractivity contribution >= 4 is 64.4 Å². The third-order valence-electron chi connectivity index (χ3n) is 5.18. The number of ether oxygens (including phenoxy) is 2. The van der Waals surface area contributed by atoms with E-state index in [4.69, 9.17) is 50.7 Å². The number of hydrogen-bond acceptors (Lipinski definition) is 5. The standard InChI is InChI=1S/C27H17Cl3N2O5/c1-2-11-36-24-10-3-16(13-23(24)30)12-21-25(33)31-27(35)32(26(21)34)19-6-8-20(9-7-19)37-15-17-4-5-18(28)14-22(17)29/h1,3-10,12-14H,11,15H2,(H,31,33,35)/b21-12+. The van der Waals surface area contributed by atoms with Gasteiger partial charge in [0.05, 0.1) is 10.7 Å². The van der Waals surface area contributed by atoms with E-state index in [1.165, 1.54) is 24.3 Å². The molecule has 1 saturated heterocycles. The molecule has 1 aliphatic rings. The number of urea groups is 1. The second kappa shape index (κ2) is 11.4. The number of anilines is 1. The first-order chi connectivity index (χ1) is 17.8. The Bertz CT molecular complexity index is 1460. The van der Waals surface area contributed by atoms with Crippen LogP contribution in [-0.2, 0) is 16.2 Å². The first-order valence-corrected chi connectivity index (χ1v) is 11.8. The van der Waals surface area contributed by atoms with Crippen molar-refractivity contribution in [1.29, 1.82) is 0 Å². The van der Waals surface area contributed by atoms with Gasteiger partial charge in [-0.15, -0.1) is 6.42 Å². The molecule has 0 radical (unpaired) electrons. The van der Waals surface area contributed by atoms with Gasteiger partial charge in [-0.1, -0.05) is 52.9 Å². The van der Waals surface area contributed by atoms with Crippen molar-refractivity contribution in [3.05, 3.63) is 92.4 Å². The summed E-state index contributed by atoms with van der Waals surface area (Å²) < 4.78 is 11.1. The van der Waals surface area contributed by atoms with E-state index in [2.05, 4.69) is 11.2 Å². The smallest absolute Gasteiger partial charge is 0.335 e. The Balaban J connectivity index is 1.52. The maximum atomic E-state index is 13.1. The minimum absolute atomic E-state index is 0.0385. The van der Waals surface area contributed by atoms with Crippen molar-refractivity contribution in [2.75, 3.05) is 11.5 Å².